The van der Waals surface area contributed by atoms with Gasteiger partial charge in [0.05, 0.1) is 27.2 Å². The number of halogens is 10. The Hall–Kier alpha value is -4.39. The van der Waals surface area contributed by atoms with E-state index in [-0.39, 0.29) is 76.2 Å². The molecule has 5 N–H and O–H groups in total. The zero-order valence-corrected chi connectivity index (χ0v) is 26.1. The topological polar surface area (TPSA) is 150 Å². The van der Waals surface area contributed by atoms with E-state index in [1.165, 1.54) is 18.2 Å². The zero-order chi connectivity index (χ0) is 35.7. The van der Waals surface area contributed by atoms with Gasteiger partial charge in [-0.05, 0) is 43.4 Å². The van der Waals surface area contributed by atoms with Gasteiger partial charge >= 0.3 is 12.4 Å². The number of rotatable bonds is 10. The monoisotopic (exact) mass is 742 g/mol. The largest absolute Gasteiger partial charge is 0.471 e. The average molecular weight is 743 g/mol. The molecule has 11 nitrogen and oxygen atoms in total. The van der Waals surface area contributed by atoms with E-state index in [0.717, 1.165) is 0 Å². The van der Waals surface area contributed by atoms with Crippen LogP contribution in [0, 0.1) is 5.92 Å². The average Bonchev–Trinajstić information content (AvgIpc) is 3.68. The van der Waals surface area contributed by atoms with Crippen molar-refractivity contribution in [2.24, 2.45) is 5.92 Å². The molecule has 0 bridgehead atoms. The van der Waals surface area contributed by atoms with Gasteiger partial charge in [-0.2, -0.15) is 41.4 Å². The summed E-state index contributed by atoms with van der Waals surface area (Å²) in [6.45, 7) is -1.36. The molecule has 1 fully saturated rings. The van der Waals surface area contributed by atoms with E-state index in [4.69, 9.17) is 27.9 Å². The first-order valence-corrected chi connectivity index (χ1v) is 15.1. The van der Waals surface area contributed by atoms with Crippen LogP contribution in [-0.4, -0.2) is 62.2 Å². The van der Waals surface area contributed by atoms with Crippen LogP contribution >= 0.6 is 23.2 Å². The fourth-order valence-corrected chi connectivity index (χ4v) is 5.57. The number of amides is 2. The predicted octanol–water partition coefficient (Wildman–Crippen LogP) is 7.18. The number of hydrogen-bond donors (Lipinski definition) is 5. The maximum atomic E-state index is 13.2. The van der Waals surface area contributed by atoms with Crippen LogP contribution in [0.15, 0.2) is 24.3 Å². The lowest BCUT2D eigenvalue weighted by Gasteiger charge is -2.30. The molecule has 0 atom stereocenters. The Morgan fingerprint density at radius 1 is 1.00 bits per heavy atom. The second-order valence-electron chi connectivity index (χ2n) is 10.9. The molecule has 0 unspecified atom stereocenters. The molecule has 49 heavy (non-hydrogen) atoms. The summed E-state index contributed by atoms with van der Waals surface area (Å²) in [6.07, 6.45) is -12.2. The molecule has 1 saturated carbocycles. The molecular formula is C28H24Cl2F8N8O3. The maximum absolute atomic E-state index is 13.2. The molecule has 0 saturated heterocycles. The Bertz CT molecular complexity index is 1840. The Kier molecular flexibility index (Phi) is 10.4. The first kappa shape index (κ1) is 35.9. The van der Waals surface area contributed by atoms with Crippen LogP contribution in [0.5, 0.6) is 5.88 Å². The number of ether oxygens (including phenoxy) is 1. The fraction of sp³-hybridized carbons (Fsp3) is 0.393. The highest BCUT2D eigenvalue weighted by atomic mass is 35.5. The lowest BCUT2D eigenvalue weighted by molar-refractivity contribution is -0.182. The summed E-state index contributed by atoms with van der Waals surface area (Å²) in [6, 6.07) is 4.04. The number of aromatic amines is 2. The number of carbonyl (C=O) groups is 2. The fourth-order valence-electron chi connectivity index (χ4n) is 5.04. The first-order valence-electron chi connectivity index (χ1n) is 14.3. The first-order chi connectivity index (χ1) is 23.0. The standard InChI is InChI=1S/C28H24Cl2F8N8O3/c29-15-6-1-11(9-39-24(48)17-8-18(46-45-17)28(36,37)38)20(30)21(15)42-26-41-16-7-14(25(43-22(16)44-26)49-10-19(31)32)23(47)40-13-4-2-12(3-5-13)27(33,34)35/h1,6-8,12-13,19H,2-5,9-10H2,(H,39,48)(H,40,47)(H,45,46)(H2,41,42,43,44). The number of imidazole rings is 1. The summed E-state index contributed by atoms with van der Waals surface area (Å²) < 4.78 is 109. The summed E-state index contributed by atoms with van der Waals surface area (Å²) >= 11 is 12.8. The second-order valence-corrected chi connectivity index (χ2v) is 11.7. The molecule has 0 radical (unpaired) electrons. The number of carbonyl (C=O) groups excluding carboxylic acids is 2. The van der Waals surface area contributed by atoms with Gasteiger partial charge in [0.15, 0.2) is 17.9 Å². The van der Waals surface area contributed by atoms with Crippen molar-refractivity contribution < 1.29 is 49.4 Å². The van der Waals surface area contributed by atoms with Gasteiger partial charge in [-0.3, -0.25) is 14.7 Å². The maximum Gasteiger partial charge on any atom is 0.432 e. The molecule has 3 aromatic heterocycles. The van der Waals surface area contributed by atoms with Gasteiger partial charge in [-0.25, -0.2) is 8.78 Å². The van der Waals surface area contributed by atoms with Crippen LogP contribution in [0.2, 0.25) is 10.0 Å². The van der Waals surface area contributed by atoms with Crippen molar-refractivity contribution in [2.45, 2.75) is 57.0 Å². The van der Waals surface area contributed by atoms with Crippen molar-refractivity contribution in [3.05, 3.63) is 56.8 Å². The van der Waals surface area contributed by atoms with Gasteiger partial charge in [0, 0.05) is 18.7 Å². The quantitative estimate of drug-likeness (QED) is 0.108. The third-order valence-electron chi connectivity index (χ3n) is 7.52. The highest BCUT2D eigenvalue weighted by molar-refractivity contribution is 6.39. The minimum absolute atomic E-state index is 0.0134. The number of hydrogen-bond acceptors (Lipinski definition) is 7. The number of H-pyrrole nitrogens is 2. The molecule has 21 heteroatoms. The molecule has 2 amide bonds. The van der Waals surface area contributed by atoms with E-state index in [0.29, 0.717) is 6.07 Å². The van der Waals surface area contributed by atoms with E-state index >= 15 is 0 Å². The number of benzene rings is 1. The van der Waals surface area contributed by atoms with Crippen LogP contribution in [0.1, 0.15) is 57.8 Å². The third-order valence-corrected chi connectivity index (χ3v) is 8.27. The molecular weight excluding hydrogens is 719 g/mol. The number of anilines is 2. The molecule has 1 aliphatic rings. The highest BCUT2D eigenvalue weighted by Gasteiger charge is 2.41. The number of alkyl halides is 8. The normalized spacial score (nSPS) is 17.0. The van der Waals surface area contributed by atoms with Gasteiger partial charge in [0.2, 0.25) is 11.8 Å². The highest BCUT2D eigenvalue weighted by Crippen LogP contribution is 2.38. The SMILES string of the molecule is O=C(NCc1ccc(Cl)c(Nc2nc3nc(OCC(F)F)c(C(=O)NC4CCC(C(F)(F)F)CC4)cc3[nH]2)c1Cl)c1cc(C(F)(F)F)[nH]n1. The predicted molar refractivity (Wildman–Crippen MR) is 159 cm³/mol. The Morgan fingerprint density at radius 2 is 1.71 bits per heavy atom. The van der Waals surface area contributed by atoms with Crippen molar-refractivity contribution >= 4 is 57.8 Å². The molecule has 3 heterocycles. The van der Waals surface area contributed by atoms with Crippen molar-refractivity contribution in [3.63, 3.8) is 0 Å². The number of fused-ring (bicyclic) bond motifs is 1. The molecule has 5 rings (SSSR count). The Morgan fingerprint density at radius 3 is 2.35 bits per heavy atom. The number of aromatic nitrogens is 5. The minimum atomic E-state index is -4.73. The third kappa shape index (κ3) is 8.62. The van der Waals surface area contributed by atoms with Gasteiger partial charge in [-0.15, -0.1) is 0 Å². The number of pyridine rings is 1. The number of nitrogens with zero attached hydrogens (tertiary/aromatic N) is 3. The summed E-state index contributed by atoms with van der Waals surface area (Å²) in [5, 5.41) is 13.0. The van der Waals surface area contributed by atoms with Crippen molar-refractivity contribution in [2.75, 3.05) is 11.9 Å². The van der Waals surface area contributed by atoms with Crippen LogP contribution < -0.4 is 20.7 Å². The Balaban J connectivity index is 1.33. The molecule has 0 aliphatic heterocycles. The van der Waals surface area contributed by atoms with Gasteiger partial charge in [-0.1, -0.05) is 29.3 Å². The van der Waals surface area contributed by atoms with Gasteiger partial charge in [0.25, 0.3) is 18.2 Å². The summed E-state index contributed by atoms with van der Waals surface area (Å²) in [5.74, 6) is -3.72. The molecule has 264 valence electrons. The van der Waals surface area contributed by atoms with Gasteiger partial charge < -0.3 is 25.7 Å². The number of nitrogens with one attached hydrogen (secondary N) is 5. The van der Waals surface area contributed by atoms with E-state index in [1.807, 2.05) is 0 Å². The summed E-state index contributed by atoms with van der Waals surface area (Å²) in [5.41, 5.74) is -1.57. The van der Waals surface area contributed by atoms with E-state index in [9.17, 15) is 44.7 Å². The van der Waals surface area contributed by atoms with Gasteiger partial charge in [0.1, 0.15) is 11.3 Å². The lowest BCUT2D eigenvalue weighted by atomic mass is 9.85. The van der Waals surface area contributed by atoms with E-state index in [1.54, 1.807) is 5.10 Å². The van der Waals surface area contributed by atoms with E-state index in [2.05, 4.69) is 36.0 Å². The van der Waals surface area contributed by atoms with Crippen LogP contribution in [0.25, 0.3) is 11.2 Å². The van der Waals surface area contributed by atoms with E-state index < -0.39 is 66.4 Å². The van der Waals surface area contributed by atoms with Crippen molar-refractivity contribution in [3.8, 4) is 5.88 Å². The van der Waals surface area contributed by atoms with Crippen LogP contribution in [-0.2, 0) is 12.7 Å². The second kappa shape index (κ2) is 14.2. The zero-order valence-electron chi connectivity index (χ0n) is 24.6. The minimum Gasteiger partial charge on any atom is -0.471 e. The van der Waals surface area contributed by atoms with Crippen LogP contribution in [0.3, 0.4) is 0 Å². The molecule has 1 aliphatic carbocycles. The van der Waals surface area contributed by atoms with Crippen molar-refractivity contribution in [1.82, 2.24) is 35.8 Å². The molecule has 0 spiro atoms. The molecule has 4 aromatic rings. The molecule has 1 aromatic carbocycles. The summed E-state index contributed by atoms with van der Waals surface area (Å²) in [4.78, 5) is 36.7. The van der Waals surface area contributed by atoms with Crippen molar-refractivity contribution in [1.29, 1.82) is 0 Å². The lowest BCUT2D eigenvalue weighted by Crippen LogP contribution is -2.40. The smallest absolute Gasteiger partial charge is 0.432 e. The summed E-state index contributed by atoms with van der Waals surface area (Å²) in [7, 11) is 0. The van der Waals surface area contributed by atoms with Crippen LogP contribution in [0.4, 0.5) is 46.8 Å². The Labute approximate surface area is 280 Å².